The molecule has 0 spiro atoms. The Kier molecular flexibility index (Phi) is 12.6. The van der Waals surface area contributed by atoms with Gasteiger partial charge in [-0.05, 0) is 37.8 Å². The Morgan fingerprint density at radius 1 is 1.35 bits per heavy atom. The van der Waals surface area contributed by atoms with E-state index in [0.717, 1.165) is 11.8 Å². The lowest BCUT2D eigenvalue weighted by molar-refractivity contribution is -0.136. The molecule has 0 fully saturated rings. The summed E-state index contributed by atoms with van der Waals surface area (Å²) in [4.78, 5) is 20.9. The van der Waals surface area contributed by atoms with E-state index < -0.39 is 0 Å². The average molecular weight is 278 g/mol. The molecule has 0 aromatic heterocycles. The van der Waals surface area contributed by atoms with Gasteiger partial charge in [0.1, 0.15) is 0 Å². The molecule has 0 heterocycles. The van der Waals surface area contributed by atoms with Gasteiger partial charge in [-0.2, -0.15) is 0 Å². The van der Waals surface area contributed by atoms with Crippen LogP contribution in [0, 0.1) is 0 Å². The molecule has 6 heteroatoms. The van der Waals surface area contributed by atoms with E-state index in [1.807, 2.05) is 6.92 Å². The molecule has 0 bridgehead atoms. The van der Waals surface area contributed by atoms with Crippen LogP contribution in [0.1, 0.15) is 27.2 Å². The first-order chi connectivity index (χ1) is 7.88. The number of thiocarbonyl (C=S) groups is 1. The number of esters is 1. The van der Waals surface area contributed by atoms with Crippen LogP contribution in [0.15, 0.2) is 12.2 Å². The van der Waals surface area contributed by atoms with E-state index in [0.29, 0.717) is 23.0 Å². The van der Waals surface area contributed by atoms with Crippen LogP contribution in [0.5, 0.6) is 0 Å². The molecule has 0 atom stereocenters. The molecule has 0 unspecified atom stereocenters. The Labute approximate surface area is 112 Å². The fourth-order valence-corrected chi connectivity index (χ4v) is 1.39. The minimum atomic E-state index is -0.347. The second-order valence-electron chi connectivity index (χ2n) is 2.78. The van der Waals surface area contributed by atoms with Crippen molar-refractivity contribution in [3.63, 3.8) is 0 Å². The van der Waals surface area contributed by atoms with Gasteiger partial charge in [-0.15, -0.1) is 0 Å². The molecule has 0 rings (SSSR count). The second kappa shape index (κ2) is 11.6. The van der Waals surface area contributed by atoms with E-state index >= 15 is 0 Å². The van der Waals surface area contributed by atoms with Crippen molar-refractivity contribution in [1.29, 1.82) is 0 Å². The smallest absolute Gasteiger partial charge is 0.332 e. The third-order valence-corrected chi connectivity index (χ3v) is 2.45. The number of ether oxygens (including phenoxy) is 2. The molecule has 0 aliphatic heterocycles. The third-order valence-electron chi connectivity index (χ3n) is 1.28. The lowest BCUT2D eigenvalue weighted by atomic mass is 10.4. The first-order valence-corrected chi connectivity index (χ1v) is 6.22. The van der Waals surface area contributed by atoms with Crippen LogP contribution in [-0.4, -0.2) is 29.2 Å². The molecule has 0 aromatic rings. The van der Waals surface area contributed by atoms with Crippen LogP contribution < -0.4 is 0 Å². The molecule has 0 aliphatic carbocycles. The number of hydrogen-bond acceptors (Lipinski definition) is 6. The number of hydrogen-bond donors (Lipinski definition) is 0. The molecule has 0 saturated carbocycles. The maximum absolute atomic E-state index is 10.7. The molecule has 4 nitrogen and oxygen atoms in total. The van der Waals surface area contributed by atoms with Crippen LogP contribution in [0.4, 0.5) is 0 Å². The van der Waals surface area contributed by atoms with E-state index in [9.17, 15) is 9.59 Å². The molecule has 17 heavy (non-hydrogen) atoms. The maximum Gasteiger partial charge on any atom is 0.332 e. The highest BCUT2D eigenvalue weighted by molar-refractivity contribution is 8.32. The van der Waals surface area contributed by atoms with Crippen LogP contribution in [0.3, 0.4) is 0 Å². The van der Waals surface area contributed by atoms with Gasteiger partial charge in [0, 0.05) is 12.0 Å². The van der Waals surface area contributed by atoms with Crippen LogP contribution in [0.25, 0.3) is 0 Å². The molecule has 0 aromatic carbocycles. The Morgan fingerprint density at radius 2 is 1.88 bits per heavy atom. The van der Waals surface area contributed by atoms with E-state index in [1.165, 1.54) is 7.11 Å². The van der Waals surface area contributed by atoms with Crippen molar-refractivity contribution in [2.24, 2.45) is 0 Å². The standard InChI is InChI=1S/C6H10O2S2.C5H8O2/c1-3-5(7)10-6(9)8-4-2;1-4(2)5(6)7-3/h3-4H2,1-2H3;1H2,2-3H3. The number of methoxy groups -OCH3 is 1. The molecular formula is C11H18O4S2. The SMILES string of the molecule is C=C(C)C(=O)OC.CCOC(=S)SC(=O)CC. The quantitative estimate of drug-likeness (QED) is 0.449. The van der Waals surface area contributed by atoms with Gasteiger partial charge < -0.3 is 9.47 Å². The highest BCUT2D eigenvalue weighted by atomic mass is 32.2. The van der Waals surface area contributed by atoms with Crippen molar-refractivity contribution < 1.29 is 19.1 Å². The number of rotatable bonds is 3. The first-order valence-electron chi connectivity index (χ1n) is 5.00. The molecule has 0 amide bonds. The Bertz CT molecular complexity index is 287. The van der Waals surface area contributed by atoms with Crippen molar-refractivity contribution in [3.8, 4) is 0 Å². The van der Waals surface area contributed by atoms with Gasteiger partial charge >= 0.3 is 5.97 Å². The Morgan fingerprint density at radius 3 is 2.12 bits per heavy atom. The topological polar surface area (TPSA) is 52.6 Å². The van der Waals surface area contributed by atoms with Crippen molar-refractivity contribution in [3.05, 3.63) is 12.2 Å². The minimum Gasteiger partial charge on any atom is -0.479 e. The molecule has 0 aliphatic rings. The summed E-state index contributed by atoms with van der Waals surface area (Å²) in [5, 5.41) is 0.0541. The van der Waals surface area contributed by atoms with Crippen LogP contribution >= 0.6 is 24.0 Å². The number of carbonyl (C=O) groups is 2. The highest BCUT2D eigenvalue weighted by Crippen LogP contribution is 2.08. The summed E-state index contributed by atoms with van der Waals surface area (Å²) in [5.41, 5.74) is 0.433. The predicted molar refractivity (Wildman–Crippen MR) is 73.9 cm³/mol. The molecule has 0 N–H and O–H groups in total. The second-order valence-corrected chi connectivity index (χ2v) is 4.44. The largest absolute Gasteiger partial charge is 0.479 e. The average Bonchev–Trinajstić information content (AvgIpc) is 2.28. The fourth-order valence-electron chi connectivity index (χ4n) is 0.487. The summed E-state index contributed by atoms with van der Waals surface area (Å²) >= 11 is 5.71. The lowest BCUT2D eigenvalue weighted by Gasteiger charge is -2.00. The van der Waals surface area contributed by atoms with Gasteiger partial charge in [0.25, 0.3) is 0 Å². The van der Waals surface area contributed by atoms with E-state index in [1.54, 1.807) is 13.8 Å². The number of carbonyl (C=O) groups excluding carboxylic acids is 2. The lowest BCUT2D eigenvalue weighted by Crippen LogP contribution is -2.00. The summed E-state index contributed by atoms with van der Waals surface area (Å²) in [6.45, 7) is 9.12. The van der Waals surface area contributed by atoms with E-state index in [4.69, 9.17) is 17.0 Å². The molecule has 0 saturated heterocycles. The Hall–Kier alpha value is -0.880. The summed E-state index contributed by atoms with van der Waals surface area (Å²) in [5.74, 6) is -0.347. The number of thioether (sulfide) groups is 1. The fraction of sp³-hybridized carbons (Fsp3) is 0.545. The third kappa shape index (κ3) is 13.1. The normalized spacial score (nSPS) is 8.47. The summed E-state index contributed by atoms with van der Waals surface area (Å²) in [6.07, 6.45) is 0.498. The van der Waals surface area contributed by atoms with Crippen LogP contribution in [0.2, 0.25) is 0 Å². The Balaban J connectivity index is 0. The van der Waals surface area contributed by atoms with Gasteiger partial charge in [-0.1, -0.05) is 13.5 Å². The minimum absolute atomic E-state index is 0.0541. The zero-order chi connectivity index (χ0) is 13.8. The van der Waals surface area contributed by atoms with Gasteiger partial charge in [0.05, 0.1) is 13.7 Å². The summed E-state index contributed by atoms with van der Waals surface area (Å²) < 4.78 is 9.49. The van der Waals surface area contributed by atoms with E-state index in [2.05, 4.69) is 11.3 Å². The maximum atomic E-state index is 10.7. The highest BCUT2D eigenvalue weighted by Gasteiger charge is 2.03. The predicted octanol–water partition coefficient (Wildman–Crippen LogP) is 2.71. The van der Waals surface area contributed by atoms with Crippen LogP contribution in [-0.2, 0) is 19.1 Å². The van der Waals surface area contributed by atoms with Crippen molar-refractivity contribution in [2.75, 3.05) is 13.7 Å². The van der Waals surface area contributed by atoms with Crippen molar-refractivity contribution in [1.82, 2.24) is 0 Å². The summed E-state index contributed by atoms with van der Waals surface area (Å²) in [6, 6.07) is 0. The molecular weight excluding hydrogens is 260 g/mol. The first kappa shape index (κ1) is 18.5. The van der Waals surface area contributed by atoms with Gasteiger partial charge in [0.2, 0.25) is 4.38 Å². The zero-order valence-corrected chi connectivity index (χ0v) is 12.2. The van der Waals surface area contributed by atoms with Gasteiger partial charge in [0.15, 0.2) is 5.12 Å². The zero-order valence-electron chi connectivity index (χ0n) is 10.6. The van der Waals surface area contributed by atoms with E-state index in [-0.39, 0.29) is 11.1 Å². The molecule has 0 radical (unpaired) electrons. The van der Waals surface area contributed by atoms with Gasteiger partial charge in [-0.3, -0.25) is 4.79 Å². The molecule has 98 valence electrons. The van der Waals surface area contributed by atoms with Gasteiger partial charge in [-0.25, -0.2) is 4.79 Å². The van der Waals surface area contributed by atoms with Crippen molar-refractivity contribution >= 4 is 39.4 Å². The summed E-state index contributed by atoms with van der Waals surface area (Å²) in [7, 11) is 1.33. The van der Waals surface area contributed by atoms with Crippen molar-refractivity contribution in [2.45, 2.75) is 27.2 Å². The monoisotopic (exact) mass is 278 g/mol.